The topological polar surface area (TPSA) is 47.6 Å². The Kier molecular flexibility index (Phi) is 4.56. The molecule has 0 bridgehead atoms. The highest BCUT2D eigenvalue weighted by Gasteiger charge is 2.23. The van der Waals surface area contributed by atoms with Crippen LogP contribution >= 0.6 is 0 Å². The van der Waals surface area contributed by atoms with Gasteiger partial charge >= 0.3 is 0 Å². The zero-order chi connectivity index (χ0) is 17.8. The van der Waals surface area contributed by atoms with Gasteiger partial charge in [0.1, 0.15) is 17.2 Å². The Balaban J connectivity index is 1.50. The second-order valence-corrected chi connectivity index (χ2v) is 6.14. The van der Waals surface area contributed by atoms with Crippen molar-refractivity contribution < 1.29 is 14.3 Å². The van der Waals surface area contributed by atoms with E-state index < -0.39 is 0 Å². The highest BCUT2D eigenvalue weighted by atomic mass is 16.5. The minimum atomic E-state index is -0.120. The number of hydrogen-bond acceptors (Lipinski definition) is 3. The third kappa shape index (κ3) is 3.54. The average Bonchev–Trinajstić information content (AvgIpc) is 2.69. The quantitative estimate of drug-likeness (QED) is 0.743. The van der Waals surface area contributed by atoms with Crippen LogP contribution in [0.4, 0.5) is 0 Å². The fourth-order valence-corrected chi connectivity index (χ4v) is 3.06. The maximum Gasteiger partial charge on any atom is 0.251 e. The van der Waals surface area contributed by atoms with Crippen molar-refractivity contribution in [1.29, 1.82) is 0 Å². The van der Waals surface area contributed by atoms with Gasteiger partial charge in [0.05, 0.1) is 12.6 Å². The van der Waals surface area contributed by atoms with Crippen LogP contribution in [-0.2, 0) is 0 Å². The van der Waals surface area contributed by atoms with Crippen LogP contribution in [0.15, 0.2) is 78.9 Å². The molecule has 0 aromatic heterocycles. The van der Waals surface area contributed by atoms with E-state index in [1.165, 1.54) is 0 Å². The molecule has 1 heterocycles. The molecule has 0 spiro atoms. The van der Waals surface area contributed by atoms with Crippen molar-refractivity contribution in [2.24, 2.45) is 0 Å². The lowest BCUT2D eigenvalue weighted by molar-refractivity contribution is 0.0924. The number of fused-ring (bicyclic) bond motifs is 1. The van der Waals surface area contributed by atoms with Gasteiger partial charge in [-0.05, 0) is 36.4 Å². The molecule has 0 fully saturated rings. The number of hydrogen-bond donors (Lipinski definition) is 1. The van der Waals surface area contributed by atoms with Crippen molar-refractivity contribution in [3.63, 3.8) is 0 Å². The molecule has 130 valence electrons. The standard InChI is InChI=1S/C22H19NO3/c24-22(23-20-13-14-25-21-12-5-4-11-19(20)21)16-7-6-10-18(15-16)26-17-8-2-1-3-9-17/h1-12,15,20H,13-14H2,(H,23,24)/t20-/m0/s1. The van der Waals surface area contributed by atoms with Gasteiger partial charge in [-0.2, -0.15) is 0 Å². The Labute approximate surface area is 152 Å². The highest BCUT2D eigenvalue weighted by Crippen LogP contribution is 2.32. The number of ether oxygens (including phenoxy) is 2. The number of carbonyl (C=O) groups is 1. The summed E-state index contributed by atoms with van der Waals surface area (Å²) in [6.07, 6.45) is 0.753. The van der Waals surface area contributed by atoms with Gasteiger partial charge in [0.2, 0.25) is 0 Å². The van der Waals surface area contributed by atoms with Crippen molar-refractivity contribution in [2.75, 3.05) is 6.61 Å². The lowest BCUT2D eigenvalue weighted by Gasteiger charge is -2.26. The molecular weight excluding hydrogens is 326 g/mol. The van der Waals surface area contributed by atoms with Crippen LogP contribution in [0.5, 0.6) is 17.2 Å². The molecule has 1 aliphatic rings. The Morgan fingerprint density at radius 1 is 0.923 bits per heavy atom. The van der Waals surface area contributed by atoms with Gasteiger partial charge in [0.25, 0.3) is 5.91 Å². The predicted octanol–water partition coefficient (Wildman–Crippen LogP) is 4.73. The first-order valence-electron chi connectivity index (χ1n) is 8.65. The summed E-state index contributed by atoms with van der Waals surface area (Å²) in [5.41, 5.74) is 1.59. The van der Waals surface area contributed by atoms with Gasteiger partial charge < -0.3 is 14.8 Å². The Morgan fingerprint density at radius 2 is 1.69 bits per heavy atom. The van der Waals surface area contributed by atoms with E-state index in [0.717, 1.165) is 23.5 Å². The lowest BCUT2D eigenvalue weighted by atomic mass is 10.00. The van der Waals surface area contributed by atoms with Crippen LogP contribution < -0.4 is 14.8 Å². The van der Waals surface area contributed by atoms with Crippen LogP contribution in [-0.4, -0.2) is 12.5 Å². The van der Waals surface area contributed by atoms with E-state index in [9.17, 15) is 4.79 Å². The first-order chi connectivity index (χ1) is 12.8. The summed E-state index contributed by atoms with van der Waals surface area (Å²) in [4.78, 5) is 12.7. The van der Waals surface area contributed by atoms with Gasteiger partial charge in [-0.3, -0.25) is 4.79 Å². The normalized spacial score (nSPS) is 15.5. The minimum Gasteiger partial charge on any atom is -0.493 e. The van der Waals surface area contributed by atoms with E-state index in [1.807, 2.05) is 66.7 Å². The van der Waals surface area contributed by atoms with E-state index in [-0.39, 0.29) is 11.9 Å². The molecule has 26 heavy (non-hydrogen) atoms. The first-order valence-corrected chi connectivity index (χ1v) is 8.65. The summed E-state index contributed by atoms with van der Waals surface area (Å²) in [6, 6.07) is 24.5. The second-order valence-electron chi connectivity index (χ2n) is 6.14. The average molecular weight is 345 g/mol. The van der Waals surface area contributed by atoms with Gasteiger partial charge in [-0.1, -0.05) is 42.5 Å². The molecular formula is C22H19NO3. The summed E-state index contributed by atoms with van der Waals surface area (Å²) in [5, 5.41) is 3.11. The third-order valence-electron chi connectivity index (χ3n) is 4.34. The number of para-hydroxylation sites is 2. The second kappa shape index (κ2) is 7.31. The van der Waals surface area contributed by atoms with E-state index in [0.29, 0.717) is 17.9 Å². The molecule has 0 radical (unpaired) electrons. The number of amides is 1. The van der Waals surface area contributed by atoms with Crippen LogP contribution in [0.2, 0.25) is 0 Å². The van der Waals surface area contributed by atoms with Crippen molar-refractivity contribution in [1.82, 2.24) is 5.32 Å². The molecule has 0 saturated carbocycles. The van der Waals surface area contributed by atoms with Crippen LogP contribution in [0.25, 0.3) is 0 Å². The van der Waals surface area contributed by atoms with Gasteiger partial charge in [-0.15, -0.1) is 0 Å². The fourth-order valence-electron chi connectivity index (χ4n) is 3.06. The summed E-state index contributed by atoms with van der Waals surface area (Å²) < 4.78 is 11.5. The molecule has 4 heteroatoms. The fraction of sp³-hybridized carbons (Fsp3) is 0.136. The molecule has 0 saturated heterocycles. The minimum absolute atomic E-state index is 0.0499. The highest BCUT2D eigenvalue weighted by molar-refractivity contribution is 5.94. The molecule has 3 aromatic rings. The van der Waals surface area contributed by atoms with Crippen LogP contribution in [0.3, 0.4) is 0 Å². The summed E-state index contributed by atoms with van der Waals surface area (Å²) in [5.74, 6) is 2.09. The van der Waals surface area contributed by atoms with Gasteiger partial charge in [0, 0.05) is 17.5 Å². The molecule has 1 amide bonds. The largest absolute Gasteiger partial charge is 0.493 e. The SMILES string of the molecule is O=C(N[C@H]1CCOc2ccccc21)c1cccc(Oc2ccccc2)c1. The van der Waals surface area contributed by atoms with E-state index in [4.69, 9.17) is 9.47 Å². The van der Waals surface area contributed by atoms with Gasteiger partial charge in [-0.25, -0.2) is 0 Å². The number of carbonyl (C=O) groups excluding carboxylic acids is 1. The maximum atomic E-state index is 12.7. The molecule has 1 aliphatic heterocycles. The molecule has 1 N–H and O–H groups in total. The molecule has 1 atom stereocenters. The zero-order valence-electron chi connectivity index (χ0n) is 14.2. The molecule has 3 aromatic carbocycles. The Hall–Kier alpha value is -3.27. The molecule has 4 rings (SSSR count). The number of benzene rings is 3. The molecule has 0 unspecified atom stereocenters. The number of rotatable bonds is 4. The van der Waals surface area contributed by atoms with E-state index in [1.54, 1.807) is 12.1 Å². The van der Waals surface area contributed by atoms with Crippen molar-refractivity contribution >= 4 is 5.91 Å². The maximum absolute atomic E-state index is 12.7. The van der Waals surface area contributed by atoms with Crippen molar-refractivity contribution in [3.05, 3.63) is 90.0 Å². The van der Waals surface area contributed by atoms with Crippen LogP contribution in [0.1, 0.15) is 28.4 Å². The van der Waals surface area contributed by atoms with E-state index >= 15 is 0 Å². The zero-order valence-corrected chi connectivity index (χ0v) is 14.2. The Morgan fingerprint density at radius 3 is 2.58 bits per heavy atom. The summed E-state index contributed by atoms with van der Waals surface area (Å²) in [7, 11) is 0. The van der Waals surface area contributed by atoms with Crippen molar-refractivity contribution in [3.8, 4) is 17.2 Å². The molecule has 0 aliphatic carbocycles. The number of nitrogens with one attached hydrogen (secondary N) is 1. The predicted molar refractivity (Wildman–Crippen MR) is 99.7 cm³/mol. The first kappa shape index (κ1) is 16.2. The van der Waals surface area contributed by atoms with Crippen molar-refractivity contribution in [2.45, 2.75) is 12.5 Å². The lowest BCUT2D eigenvalue weighted by Crippen LogP contribution is -2.32. The third-order valence-corrected chi connectivity index (χ3v) is 4.34. The monoisotopic (exact) mass is 345 g/mol. The Bertz CT molecular complexity index is 908. The van der Waals surface area contributed by atoms with E-state index in [2.05, 4.69) is 5.32 Å². The summed E-state index contributed by atoms with van der Waals surface area (Å²) >= 11 is 0. The van der Waals surface area contributed by atoms with Crippen LogP contribution in [0, 0.1) is 0 Å². The van der Waals surface area contributed by atoms with Gasteiger partial charge in [0.15, 0.2) is 0 Å². The molecule has 4 nitrogen and oxygen atoms in total. The summed E-state index contributed by atoms with van der Waals surface area (Å²) in [6.45, 7) is 0.596. The smallest absolute Gasteiger partial charge is 0.251 e.